The highest BCUT2D eigenvalue weighted by Crippen LogP contribution is 2.52. The largest absolute Gasteiger partial charge is 0.493 e. The molecular weight excluding hydrogens is 223 g/mol. The molecule has 1 aliphatic rings. The van der Waals surface area contributed by atoms with Crippen molar-refractivity contribution in [3.8, 4) is 5.75 Å². The molecule has 0 saturated heterocycles. The molecule has 0 heterocycles. The SMILES string of the molecule is CCOC(=O)C1(c2cccc(F)c2OC)CC1. The van der Waals surface area contributed by atoms with Gasteiger partial charge in [0.2, 0.25) is 0 Å². The fourth-order valence-electron chi connectivity index (χ4n) is 2.07. The highest BCUT2D eigenvalue weighted by molar-refractivity contribution is 5.87. The standard InChI is InChI=1S/C13H15FO3/c1-3-17-12(15)13(7-8-13)9-5-4-6-10(14)11(9)16-2/h4-6H,3,7-8H2,1-2H3. The molecule has 2 rings (SSSR count). The van der Waals surface area contributed by atoms with Crippen LogP contribution in [0.25, 0.3) is 0 Å². The van der Waals surface area contributed by atoms with Crippen LogP contribution >= 0.6 is 0 Å². The second kappa shape index (κ2) is 4.35. The number of hydrogen-bond donors (Lipinski definition) is 0. The van der Waals surface area contributed by atoms with Gasteiger partial charge in [-0.1, -0.05) is 12.1 Å². The van der Waals surface area contributed by atoms with E-state index in [2.05, 4.69) is 0 Å². The van der Waals surface area contributed by atoms with Crippen molar-refractivity contribution >= 4 is 5.97 Å². The molecule has 1 saturated carbocycles. The third-order valence-electron chi connectivity index (χ3n) is 3.10. The molecule has 3 nitrogen and oxygen atoms in total. The molecule has 0 amide bonds. The molecule has 1 aromatic carbocycles. The highest BCUT2D eigenvalue weighted by Gasteiger charge is 2.54. The number of benzene rings is 1. The molecule has 1 aromatic rings. The van der Waals surface area contributed by atoms with E-state index >= 15 is 0 Å². The molecule has 1 fully saturated rings. The summed E-state index contributed by atoms with van der Waals surface area (Å²) >= 11 is 0. The first-order valence-corrected chi connectivity index (χ1v) is 5.66. The number of hydrogen-bond acceptors (Lipinski definition) is 3. The summed E-state index contributed by atoms with van der Waals surface area (Å²) in [6.45, 7) is 2.09. The van der Waals surface area contributed by atoms with Crippen LogP contribution in [0.3, 0.4) is 0 Å². The lowest BCUT2D eigenvalue weighted by Gasteiger charge is -2.17. The summed E-state index contributed by atoms with van der Waals surface area (Å²) in [6.07, 6.45) is 1.37. The molecule has 1 aliphatic carbocycles. The zero-order chi connectivity index (χ0) is 12.5. The topological polar surface area (TPSA) is 35.5 Å². The Morgan fingerprint density at radius 1 is 1.47 bits per heavy atom. The maximum Gasteiger partial charge on any atom is 0.316 e. The zero-order valence-electron chi connectivity index (χ0n) is 9.96. The van der Waals surface area contributed by atoms with E-state index < -0.39 is 11.2 Å². The minimum Gasteiger partial charge on any atom is -0.493 e. The summed E-state index contributed by atoms with van der Waals surface area (Å²) in [7, 11) is 1.41. The molecule has 17 heavy (non-hydrogen) atoms. The smallest absolute Gasteiger partial charge is 0.316 e. The van der Waals surface area contributed by atoms with Crippen molar-refractivity contribution in [1.29, 1.82) is 0 Å². The summed E-state index contributed by atoms with van der Waals surface area (Å²) in [5.41, 5.74) is -0.0952. The number of halogens is 1. The Morgan fingerprint density at radius 3 is 2.71 bits per heavy atom. The fourth-order valence-corrected chi connectivity index (χ4v) is 2.07. The monoisotopic (exact) mass is 238 g/mol. The van der Waals surface area contributed by atoms with Crippen molar-refractivity contribution in [2.75, 3.05) is 13.7 Å². The summed E-state index contributed by atoms with van der Waals surface area (Å²) < 4.78 is 23.7. The van der Waals surface area contributed by atoms with Crippen LogP contribution in [-0.2, 0) is 14.9 Å². The van der Waals surface area contributed by atoms with Gasteiger partial charge in [0.25, 0.3) is 0 Å². The molecule has 0 N–H and O–H groups in total. The second-order valence-electron chi connectivity index (χ2n) is 4.12. The maximum absolute atomic E-state index is 13.6. The fraction of sp³-hybridized carbons (Fsp3) is 0.462. The predicted molar refractivity (Wildman–Crippen MR) is 60.5 cm³/mol. The molecule has 0 spiro atoms. The maximum atomic E-state index is 13.6. The van der Waals surface area contributed by atoms with Gasteiger partial charge in [0.15, 0.2) is 11.6 Å². The van der Waals surface area contributed by atoms with Gasteiger partial charge in [-0.15, -0.1) is 0 Å². The zero-order valence-corrected chi connectivity index (χ0v) is 9.96. The van der Waals surface area contributed by atoms with E-state index in [9.17, 15) is 9.18 Å². The van der Waals surface area contributed by atoms with Gasteiger partial charge in [-0.2, -0.15) is 0 Å². The normalized spacial score (nSPS) is 16.4. The number of para-hydroxylation sites is 1. The van der Waals surface area contributed by atoms with Crippen molar-refractivity contribution in [3.05, 3.63) is 29.6 Å². The van der Waals surface area contributed by atoms with Gasteiger partial charge in [0.05, 0.1) is 19.1 Å². The molecular formula is C13H15FO3. The number of methoxy groups -OCH3 is 1. The number of rotatable bonds is 4. The van der Waals surface area contributed by atoms with Crippen LogP contribution in [0.2, 0.25) is 0 Å². The van der Waals surface area contributed by atoms with Gasteiger partial charge in [0, 0.05) is 5.56 Å². The van der Waals surface area contributed by atoms with Gasteiger partial charge in [-0.05, 0) is 25.8 Å². The summed E-state index contributed by atoms with van der Waals surface area (Å²) in [6, 6.07) is 4.64. The van der Waals surface area contributed by atoms with E-state index in [-0.39, 0.29) is 11.7 Å². The summed E-state index contributed by atoms with van der Waals surface area (Å²) in [5, 5.41) is 0. The van der Waals surface area contributed by atoms with Crippen LogP contribution in [0.5, 0.6) is 5.75 Å². The quantitative estimate of drug-likeness (QED) is 0.756. The van der Waals surface area contributed by atoms with Crippen LogP contribution < -0.4 is 4.74 Å². The van der Waals surface area contributed by atoms with E-state index in [1.54, 1.807) is 19.1 Å². The molecule has 0 atom stereocenters. The van der Waals surface area contributed by atoms with Crippen molar-refractivity contribution in [2.24, 2.45) is 0 Å². The minimum absolute atomic E-state index is 0.151. The Kier molecular flexibility index (Phi) is 3.05. The molecule has 0 radical (unpaired) electrons. The molecule has 0 aliphatic heterocycles. The first-order valence-electron chi connectivity index (χ1n) is 5.66. The lowest BCUT2D eigenvalue weighted by molar-refractivity contribution is -0.146. The highest BCUT2D eigenvalue weighted by atomic mass is 19.1. The van der Waals surface area contributed by atoms with Crippen molar-refractivity contribution in [1.82, 2.24) is 0 Å². The first-order chi connectivity index (χ1) is 8.15. The second-order valence-corrected chi connectivity index (χ2v) is 4.12. The average molecular weight is 238 g/mol. The minimum atomic E-state index is -0.691. The van der Waals surface area contributed by atoms with E-state index in [1.165, 1.54) is 13.2 Å². The van der Waals surface area contributed by atoms with Gasteiger partial charge < -0.3 is 9.47 Å². The molecule has 0 bridgehead atoms. The van der Waals surface area contributed by atoms with Crippen LogP contribution in [0.4, 0.5) is 4.39 Å². The Labute approximate surface area is 99.5 Å². The van der Waals surface area contributed by atoms with Gasteiger partial charge >= 0.3 is 5.97 Å². The third kappa shape index (κ3) is 1.88. The van der Waals surface area contributed by atoms with Crippen molar-refractivity contribution < 1.29 is 18.7 Å². The Morgan fingerprint density at radius 2 is 2.18 bits per heavy atom. The predicted octanol–water partition coefficient (Wildman–Crippen LogP) is 2.43. The summed E-state index contributed by atoms with van der Waals surface area (Å²) in [5.74, 6) is -0.581. The van der Waals surface area contributed by atoms with Crippen LogP contribution in [0.1, 0.15) is 25.3 Å². The Hall–Kier alpha value is -1.58. The molecule has 92 valence electrons. The first kappa shape index (κ1) is 11.9. The third-order valence-corrected chi connectivity index (χ3v) is 3.10. The van der Waals surface area contributed by atoms with Crippen LogP contribution in [-0.4, -0.2) is 19.7 Å². The van der Waals surface area contributed by atoms with Crippen molar-refractivity contribution in [2.45, 2.75) is 25.2 Å². The number of carbonyl (C=O) groups excluding carboxylic acids is 1. The Bertz CT molecular complexity index is 438. The van der Waals surface area contributed by atoms with Gasteiger partial charge in [0.1, 0.15) is 0 Å². The molecule has 0 unspecified atom stereocenters. The van der Waals surface area contributed by atoms with Crippen LogP contribution in [0, 0.1) is 5.82 Å². The number of carbonyl (C=O) groups is 1. The lowest BCUT2D eigenvalue weighted by Crippen LogP contribution is -2.24. The van der Waals surface area contributed by atoms with E-state index in [0.717, 1.165) is 0 Å². The molecule has 4 heteroatoms. The van der Waals surface area contributed by atoms with Gasteiger partial charge in [-0.25, -0.2) is 4.39 Å². The lowest BCUT2D eigenvalue weighted by atomic mass is 9.95. The van der Waals surface area contributed by atoms with Crippen molar-refractivity contribution in [3.63, 3.8) is 0 Å². The molecule has 0 aromatic heterocycles. The van der Waals surface area contributed by atoms with Crippen LogP contribution in [0.15, 0.2) is 18.2 Å². The van der Waals surface area contributed by atoms with E-state index in [4.69, 9.17) is 9.47 Å². The summed E-state index contributed by atoms with van der Waals surface area (Å²) in [4.78, 5) is 11.9. The van der Waals surface area contributed by atoms with E-state index in [0.29, 0.717) is 25.0 Å². The van der Waals surface area contributed by atoms with E-state index in [1.807, 2.05) is 0 Å². The number of ether oxygens (including phenoxy) is 2. The number of esters is 1. The van der Waals surface area contributed by atoms with Gasteiger partial charge in [-0.3, -0.25) is 4.79 Å². The Balaban J connectivity index is 2.40. The average Bonchev–Trinajstić information content (AvgIpc) is 3.10.